The summed E-state index contributed by atoms with van der Waals surface area (Å²) in [6, 6.07) is 6.55. The Morgan fingerprint density at radius 2 is 1.90 bits per heavy atom. The summed E-state index contributed by atoms with van der Waals surface area (Å²) < 4.78 is 5.38. The fourth-order valence-electron chi connectivity index (χ4n) is 2.45. The third kappa shape index (κ3) is 2.67. The van der Waals surface area contributed by atoms with E-state index in [9.17, 15) is 9.59 Å². The lowest BCUT2D eigenvalue weighted by Gasteiger charge is -2.41. The van der Waals surface area contributed by atoms with Crippen molar-refractivity contribution in [2.75, 3.05) is 14.2 Å². The van der Waals surface area contributed by atoms with Crippen LogP contribution in [0.1, 0.15) is 35.2 Å². The van der Waals surface area contributed by atoms with E-state index in [-0.39, 0.29) is 11.5 Å². The molecule has 5 heteroatoms. The summed E-state index contributed by atoms with van der Waals surface area (Å²) in [7, 11) is 3.32. The largest absolute Gasteiger partial charge is 0.478 e. The van der Waals surface area contributed by atoms with Gasteiger partial charge >= 0.3 is 5.97 Å². The lowest BCUT2D eigenvalue weighted by Crippen LogP contribution is -2.53. The highest BCUT2D eigenvalue weighted by Crippen LogP contribution is 2.36. The van der Waals surface area contributed by atoms with Crippen molar-refractivity contribution in [3.05, 3.63) is 35.4 Å². The van der Waals surface area contributed by atoms with Crippen LogP contribution in [0.25, 0.3) is 0 Å². The van der Waals surface area contributed by atoms with Gasteiger partial charge < -0.3 is 14.7 Å². The van der Waals surface area contributed by atoms with Crippen LogP contribution in [-0.4, -0.2) is 41.6 Å². The molecule has 108 valence electrons. The molecule has 0 unspecified atom stereocenters. The number of amides is 1. The Bertz CT molecular complexity index is 500. The van der Waals surface area contributed by atoms with E-state index in [4.69, 9.17) is 9.84 Å². The standard InChI is InChI=1S/C15H19NO4/c1-16(14(19)15(20-2)8-3-9-15)10-11-4-6-12(7-5-11)13(17)18/h4-7H,3,8-10H2,1-2H3,(H,17,18). The molecule has 1 aliphatic carbocycles. The number of carbonyl (C=O) groups is 2. The first-order chi connectivity index (χ1) is 9.48. The zero-order valence-corrected chi connectivity index (χ0v) is 11.8. The number of carboxylic acid groups (broad SMARTS) is 1. The number of carbonyl (C=O) groups excluding carboxylic acids is 1. The van der Waals surface area contributed by atoms with Gasteiger partial charge in [0.25, 0.3) is 5.91 Å². The van der Waals surface area contributed by atoms with Crippen LogP contribution in [-0.2, 0) is 16.1 Å². The molecule has 1 saturated carbocycles. The minimum atomic E-state index is -0.950. The second-order valence-electron chi connectivity index (χ2n) is 5.22. The maximum atomic E-state index is 12.4. The summed E-state index contributed by atoms with van der Waals surface area (Å²) in [6.45, 7) is 0.448. The summed E-state index contributed by atoms with van der Waals surface area (Å²) in [5.41, 5.74) is 0.502. The van der Waals surface area contributed by atoms with Crippen molar-refractivity contribution in [1.82, 2.24) is 4.90 Å². The van der Waals surface area contributed by atoms with Crippen LogP contribution in [0.5, 0.6) is 0 Å². The van der Waals surface area contributed by atoms with Crippen molar-refractivity contribution in [2.24, 2.45) is 0 Å². The van der Waals surface area contributed by atoms with E-state index in [2.05, 4.69) is 0 Å². The Balaban J connectivity index is 2.02. The first-order valence-electron chi connectivity index (χ1n) is 6.61. The van der Waals surface area contributed by atoms with Crippen LogP contribution in [0, 0.1) is 0 Å². The van der Waals surface area contributed by atoms with Gasteiger partial charge in [0.2, 0.25) is 0 Å². The highest BCUT2D eigenvalue weighted by molar-refractivity contribution is 5.87. The number of methoxy groups -OCH3 is 1. The number of rotatable bonds is 5. The van der Waals surface area contributed by atoms with Gasteiger partial charge in [0.05, 0.1) is 5.56 Å². The van der Waals surface area contributed by atoms with Crippen LogP contribution >= 0.6 is 0 Å². The highest BCUT2D eigenvalue weighted by atomic mass is 16.5. The Labute approximate surface area is 118 Å². The minimum absolute atomic E-state index is 0.00596. The van der Waals surface area contributed by atoms with E-state index in [1.807, 2.05) is 0 Å². The van der Waals surface area contributed by atoms with Crippen LogP contribution in [0.3, 0.4) is 0 Å². The van der Waals surface area contributed by atoms with E-state index >= 15 is 0 Å². The minimum Gasteiger partial charge on any atom is -0.478 e. The maximum Gasteiger partial charge on any atom is 0.335 e. The molecule has 5 nitrogen and oxygen atoms in total. The first kappa shape index (κ1) is 14.5. The Kier molecular flexibility index (Phi) is 4.09. The monoisotopic (exact) mass is 277 g/mol. The molecule has 1 aromatic rings. The Morgan fingerprint density at radius 1 is 1.30 bits per heavy atom. The molecule has 0 radical (unpaired) electrons. The van der Waals surface area contributed by atoms with Gasteiger partial charge in [-0.25, -0.2) is 4.79 Å². The highest BCUT2D eigenvalue weighted by Gasteiger charge is 2.45. The molecule has 0 saturated heterocycles. The van der Waals surface area contributed by atoms with Gasteiger partial charge in [0.15, 0.2) is 0 Å². The van der Waals surface area contributed by atoms with Gasteiger partial charge in [0, 0.05) is 20.7 Å². The molecule has 0 spiro atoms. The van der Waals surface area contributed by atoms with E-state index in [0.29, 0.717) is 6.54 Å². The number of benzene rings is 1. The summed E-state index contributed by atoms with van der Waals surface area (Å²) in [6.07, 6.45) is 2.55. The normalized spacial score (nSPS) is 16.3. The van der Waals surface area contributed by atoms with Crippen LogP contribution in [0.15, 0.2) is 24.3 Å². The van der Waals surface area contributed by atoms with E-state index in [1.54, 1.807) is 43.3 Å². The molecule has 20 heavy (non-hydrogen) atoms. The second kappa shape index (κ2) is 5.63. The van der Waals surface area contributed by atoms with Gasteiger partial charge in [-0.3, -0.25) is 4.79 Å². The lowest BCUT2D eigenvalue weighted by atomic mass is 9.79. The molecule has 0 atom stereocenters. The summed E-state index contributed by atoms with van der Waals surface area (Å²) in [5.74, 6) is -0.956. The second-order valence-corrected chi connectivity index (χ2v) is 5.22. The first-order valence-corrected chi connectivity index (χ1v) is 6.61. The molecule has 2 rings (SSSR count). The third-order valence-corrected chi connectivity index (χ3v) is 3.91. The molecule has 1 N–H and O–H groups in total. The maximum absolute atomic E-state index is 12.4. The lowest BCUT2D eigenvalue weighted by molar-refractivity contribution is -0.165. The molecule has 1 amide bonds. The quantitative estimate of drug-likeness (QED) is 0.892. The molecule has 1 aromatic carbocycles. The fourth-order valence-corrected chi connectivity index (χ4v) is 2.45. The summed E-state index contributed by atoms with van der Waals surface area (Å²) in [4.78, 5) is 24.8. The molecule has 0 bridgehead atoms. The van der Waals surface area contributed by atoms with Crippen molar-refractivity contribution in [2.45, 2.75) is 31.4 Å². The fraction of sp³-hybridized carbons (Fsp3) is 0.467. The third-order valence-electron chi connectivity index (χ3n) is 3.91. The topological polar surface area (TPSA) is 66.8 Å². The predicted octanol–water partition coefficient (Wildman–Crippen LogP) is 1.91. The van der Waals surface area contributed by atoms with E-state index in [0.717, 1.165) is 24.8 Å². The summed E-state index contributed by atoms with van der Waals surface area (Å²) in [5, 5.41) is 8.84. The molecule has 0 aliphatic heterocycles. The number of aromatic carboxylic acids is 1. The number of hydrogen-bond acceptors (Lipinski definition) is 3. The van der Waals surface area contributed by atoms with Gasteiger partial charge in [-0.05, 0) is 37.0 Å². The van der Waals surface area contributed by atoms with Crippen LogP contribution in [0.4, 0.5) is 0 Å². The number of carboxylic acids is 1. The van der Waals surface area contributed by atoms with Crippen molar-refractivity contribution in [1.29, 1.82) is 0 Å². The van der Waals surface area contributed by atoms with Crippen LogP contribution in [0.2, 0.25) is 0 Å². The van der Waals surface area contributed by atoms with Gasteiger partial charge in [-0.2, -0.15) is 0 Å². The average Bonchev–Trinajstić information content (AvgIpc) is 2.38. The van der Waals surface area contributed by atoms with Gasteiger partial charge in [0.1, 0.15) is 5.60 Å². The number of nitrogens with zero attached hydrogens (tertiary/aromatic N) is 1. The van der Waals surface area contributed by atoms with E-state index in [1.165, 1.54) is 0 Å². The summed E-state index contributed by atoms with van der Waals surface area (Å²) >= 11 is 0. The average molecular weight is 277 g/mol. The van der Waals surface area contributed by atoms with Gasteiger partial charge in [-0.15, -0.1) is 0 Å². The van der Waals surface area contributed by atoms with Crippen molar-refractivity contribution in [3.8, 4) is 0 Å². The zero-order chi connectivity index (χ0) is 14.8. The zero-order valence-electron chi connectivity index (χ0n) is 11.8. The molecule has 1 aliphatic rings. The van der Waals surface area contributed by atoms with Crippen LogP contribution < -0.4 is 0 Å². The molecule has 0 aromatic heterocycles. The molecule has 0 heterocycles. The predicted molar refractivity (Wildman–Crippen MR) is 73.5 cm³/mol. The van der Waals surface area contributed by atoms with Crippen molar-refractivity contribution < 1.29 is 19.4 Å². The number of likely N-dealkylation sites (N-methyl/N-ethyl adjacent to an activating group) is 1. The molecule has 1 fully saturated rings. The van der Waals surface area contributed by atoms with E-state index < -0.39 is 11.6 Å². The molecular weight excluding hydrogens is 258 g/mol. The SMILES string of the molecule is COC1(C(=O)N(C)Cc2ccc(C(=O)O)cc2)CCC1. The van der Waals surface area contributed by atoms with Gasteiger partial charge in [-0.1, -0.05) is 12.1 Å². The Hall–Kier alpha value is -1.88. The Morgan fingerprint density at radius 3 is 2.30 bits per heavy atom. The molecular formula is C15H19NO4. The van der Waals surface area contributed by atoms with Crippen molar-refractivity contribution >= 4 is 11.9 Å². The smallest absolute Gasteiger partial charge is 0.335 e. The van der Waals surface area contributed by atoms with Crippen molar-refractivity contribution in [3.63, 3.8) is 0 Å². The number of ether oxygens (including phenoxy) is 1. The number of hydrogen-bond donors (Lipinski definition) is 1.